The van der Waals surface area contributed by atoms with E-state index in [9.17, 15) is 14.7 Å². The molecule has 8 heteroatoms. The van der Waals surface area contributed by atoms with E-state index in [0.29, 0.717) is 42.0 Å². The van der Waals surface area contributed by atoms with Crippen molar-refractivity contribution >= 4 is 17.6 Å². The van der Waals surface area contributed by atoms with Crippen LogP contribution in [-0.2, 0) is 0 Å². The number of anilines is 1. The van der Waals surface area contributed by atoms with Crippen molar-refractivity contribution in [1.29, 1.82) is 5.26 Å². The lowest BCUT2D eigenvalue weighted by atomic mass is 10.1. The van der Waals surface area contributed by atoms with Crippen molar-refractivity contribution in [2.45, 2.75) is 25.0 Å². The molecule has 3 N–H and O–H groups in total. The number of aliphatic hydroxyl groups is 1. The van der Waals surface area contributed by atoms with Gasteiger partial charge < -0.3 is 25.4 Å². The number of ether oxygens (including phenoxy) is 1. The van der Waals surface area contributed by atoms with Gasteiger partial charge >= 0.3 is 6.03 Å². The molecule has 0 unspecified atom stereocenters. The molecule has 1 heterocycles. The van der Waals surface area contributed by atoms with Crippen molar-refractivity contribution in [3.8, 4) is 11.8 Å². The van der Waals surface area contributed by atoms with Crippen molar-refractivity contribution in [3.05, 3.63) is 59.7 Å². The zero-order valence-corrected chi connectivity index (χ0v) is 16.7. The third-order valence-electron chi connectivity index (χ3n) is 5.01. The van der Waals surface area contributed by atoms with E-state index in [0.717, 1.165) is 0 Å². The number of likely N-dealkylation sites (tertiary alicyclic amines) is 1. The van der Waals surface area contributed by atoms with Crippen LogP contribution >= 0.6 is 0 Å². The standard InChI is InChI=1S/C22H24N4O4/c1-30-18-9-7-16(8-10-18)21(28)25-19-14-26(11-3-6-20(19)27)22(29)24-17-5-2-4-15(12-17)13-23/h2,4-5,7-10,12,19-20,27H,3,6,11,14H2,1H3,(H,24,29)(H,25,28)/t19-,20+/m0/s1. The molecule has 1 fully saturated rings. The minimum absolute atomic E-state index is 0.173. The summed E-state index contributed by atoms with van der Waals surface area (Å²) < 4.78 is 5.10. The molecule has 0 bridgehead atoms. The summed E-state index contributed by atoms with van der Waals surface area (Å²) in [6, 6.07) is 14.4. The van der Waals surface area contributed by atoms with Gasteiger partial charge in [-0.15, -0.1) is 0 Å². The Kier molecular flexibility index (Phi) is 6.88. The zero-order chi connectivity index (χ0) is 21.5. The second-order valence-corrected chi connectivity index (χ2v) is 7.09. The first kappa shape index (κ1) is 21.1. The topological polar surface area (TPSA) is 115 Å². The maximum absolute atomic E-state index is 12.7. The summed E-state index contributed by atoms with van der Waals surface area (Å²) >= 11 is 0. The van der Waals surface area contributed by atoms with Gasteiger partial charge in [-0.25, -0.2) is 4.79 Å². The number of nitriles is 1. The van der Waals surface area contributed by atoms with E-state index in [4.69, 9.17) is 10.00 Å². The van der Waals surface area contributed by atoms with Crippen molar-refractivity contribution < 1.29 is 19.4 Å². The van der Waals surface area contributed by atoms with Gasteiger partial charge in [-0.2, -0.15) is 5.26 Å². The lowest BCUT2D eigenvalue weighted by Gasteiger charge is -2.27. The molecule has 1 aliphatic rings. The van der Waals surface area contributed by atoms with Gasteiger partial charge in [0, 0.05) is 24.3 Å². The number of benzene rings is 2. The minimum atomic E-state index is -0.757. The van der Waals surface area contributed by atoms with Gasteiger partial charge in [0.2, 0.25) is 0 Å². The number of carbonyl (C=O) groups excluding carboxylic acids is 2. The molecule has 0 aliphatic carbocycles. The van der Waals surface area contributed by atoms with Gasteiger partial charge in [-0.05, 0) is 55.3 Å². The maximum Gasteiger partial charge on any atom is 0.321 e. The first-order valence-electron chi connectivity index (χ1n) is 9.69. The van der Waals surface area contributed by atoms with Crippen LogP contribution in [0.4, 0.5) is 10.5 Å². The predicted octanol–water partition coefficient (Wildman–Crippen LogP) is 2.35. The van der Waals surface area contributed by atoms with Crippen LogP contribution < -0.4 is 15.4 Å². The molecule has 1 saturated heterocycles. The van der Waals surface area contributed by atoms with Crippen LogP contribution in [0.25, 0.3) is 0 Å². The minimum Gasteiger partial charge on any atom is -0.497 e. The van der Waals surface area contributed by atoms with Crippen molar-refractivity contribution in [1.82, 2.24) is 10.2 Å². The average molecular weight is 408 g/mol. The fourth-order valence-corrected chi connectivity index (χ4v) is 3.33. The second kappa shape index (κ2) is 9.76. The Labute approximate surface area is 175 Å². The van der Waals surface area contributed by atoms with Crippen molar-refractivity contribution in [3.63, 3.8) is 0 Å². The van der Waals surface area contributed by atoms with Crippen LogP contribution in [0, 0.1) is 11.3 Å². The SMILES string of the molecule is COc1ccc(C(=O)N[C@H]2CN(C(=O)Nc3cccc(C#N)c3)CCC[C@H]2O)cc1. The molecule has 2 atom stereocenters. The number of urea groups is 1. The number of rotatable bonds is 4. The predicted molar refractivity (Wildman–Crippen MR) is 111 cm³/mol. The molecule has 8 nitrogen and oxygen atoms in total. The van der Waals surface area contributed by atoms with Crippen LogP contribution in [0.15, 0.2) is 48.5 Å². The summed E-state index contributed by atoms with van der Waals surface area (Å²) in [5, 5.41) is 25.1. The molecule has 2 aromatic rings. The molecule has 3 amide bonds. The van der Waals surface area contributed by atoms with Crippen LogP contribution in [0.5, 0.6) is 5.75 Å². The zero-order valence-electron chi connectivity index (χ0n) is 16.7. The van der Waals surface area contributed by atoms with Gasteiger partial charge in [-0.1, -0.05) is 6.07 Å². The summed E-state index contributed by atoms with van der Waals surface area (Å²) in [5.41, 5.74) is 1.41. The highest BCUT2D eigenvalue weighted by Crippen LogP contribution is 2.16. The number of nitrogens with one attached hydrogen (secondary N) is 2. The van der Waals surface area contributed by atoms with E-state index < -0.39 is 12.1 Å². The van der Waals surface area contributed by atoms with Gasteiger partial charge in [0.1, 0.15) is 5.75 Å². The normalized spacial score (nSPS) is 18.6. The monoisotopic (exact) mass is 408 g/mol. The Morgan fingerprint density at radius 2 is 2.00 bits per heavy atom. The number of carbonyl (C=O) groups is 2. The van der Waals surface area contributed by atoms with E-state index in [1.54, 1.807) is 60.5 Å². The third-order valence-corrected chi connectivity index (χ3v) is 5.01. The first-order chi connectivity index (χ1) is 14.5. The Bertz CT molecular complexity index is 939. The Morgan fingerprint density at radius 1 is 1.23 bits per heavy atom. The molecule has 0 spiro atoms. The molecule has 0 saturated carbocycles. The molecule has 30 heavy (non-hydrogen) atoms. The van der Waals surface area contributed by atoms with Crippen LogP contribution in [0.1, 0.15) is 28.8 Å². The summed E-state index contributed by atoms with van der Waals surface area (Å²) in [6.45, 7) is 0.628. The molecular formula is C22H24N4O4. The van der Waals surface area contributed by atoms with Crippen LogP contribution in [0.2, 0.25) is 0 Å². The largest absolute Gasteiger partial charge is 0.497 e. The quantitative estimate of drug-likeness (QED) is 0.718. The molecule has 0 radical (unpaired) electrons. The van der Waals surface area contributed by atoms with E-state index >= 15 is 0 Å². The number of hydrogen-bond donors (Lipinski definition) is 3. The second-order valence-electron chi connectivity index (χ2n) is 7.09. The highest BCUT2D eigenvalue weighted by atomic mass is 16.5. The number of amides is 3. The van der Waals surface area contributed by atoms with Gasteiger partial charge in [0.05, 0.1) is 30.9 Å². The number of methoxy groups -OCH3 is 1. The molecule has 0 aromatic heterocycles. The summed E-state index contributed by atoms with van der Waals surface area (Å²) in [4.78, 5) is 26.9. The Hall–Kier alpha value is -3.57. The maximum atomic E-state index is 12.7. The molecular weight excluding hydrogens is 384 g/mol. The number of hydrogen-bond acceptors (Lipinski definition) is 5. The highest BCUT2D eigenvalue weighted by molar-refractivity contribution is 5.94. The first-order valence-corrected chi connectivity index (χ1v) is 9.69. The van der Waals surface area contributed by atoms with Crippen molar-refractivity contribution in [2.75, 3.05) is 25.5 Å². The summed E-state index contributed by atoms with van der Waals surface area (Å²) in [7, 11) is 1.55. The van der Waals surface area contributed by atoms with Crippen LogP contribution in [0.3, 0.4) is 0 Å². The number of aliphatic hydroxyl groups excluding tert-OH is 1. The lowest BCUT2D eigenvalue weighted by Crippen LogP contribution is -2.50. The van der Waals surface area contributed by atoms with Gasteiger partial charge in [-0.3, -0.25) is 4.79 Å². The van der Waals surface area contributed by atoms with Crippen LogP contribution in [-0.4, -0.2) is 54.3 Å². The summed E-state index contributed by atoms with van der Waals surface area (Å²) in [6.07, 6.45) is 0.329. The average Bonchev–Trinajstić information content (AvgIpc) is 2.95. The van der Waals surface area contributed by atoms with Gasteiger partial charge in [0.25, 0.3) is 5.91 Å². The Morgan fingerprint density at radius 3 is 2.70 bits per heavy atom. The van der Waals surface area contributed by atoms with Gasteiger partial charge in [0.15, 0.2) is 0 Å². The molecule has 1 aliphatic heterocycles. The van der Waals surface area contributed by atoms with E-state index in [-0.39, 0.29) is 18.5 Å². The highest BCUT2D eigenvalue weighted by Gasteiger charge is 2.29. The molecule has 156 valence electrons. The van der Waals surface area contributed by atoms with E-state index in [1.807, 2.05) is 6.07 Å². The summed E-state index contributed by atoms with van der Waals surface area (Å²) in [5.74, 6) is 0.315. The fourth-order valence-electron chi connectivity index (χ4n) is 3.33. The van der Waals surface area contributed by atoms with Crippen molar-refractivity contribution in [2.24, 2.45) is 0 Å². The van der Waals surface area contributed by atoms with E-state index in [1.165, 1.54) is 0 Å². The lowest BCUT2D eigenvalue weighted by molar-refractivity contribution is 0.0811. The number of nitrogens with zero attached hydrogens (tertiary/aromatic N) is 2. The fraction of sp³-hybridized carbons (Fsp3) is 0.318. The smallest absolute Gasteiger partial charge is 0.321 e. The van der Waals surface area contributed by atoms with E-state index in [2.05, 4.69) is 10.6 Å². The Balaban J connectivity index is 1.66. The molecule has 3 rings (SSSR count). The third kappa shape index (κ3) is 5.27. The molecule has 2 aromatic carbocycles.